The van der Waals surface area contributed by atoms with Crippen molar-refractivity contribution < 1.29 is 18.8 Å². The van der Waals surface area contributed by atoms with Gasteiger partial charge in [0.05, 0.1) is 0 Å². The van der Waals surface area contributed by atoms with E-state index in [1.54, 1.807) is 26.0 Å². The van der Waals surface area contributed by atoms with Crippen molar-refractivity contribution >= 4 is 17.8 Å². The number of benzene rings is 1. The number of carbonyl (C=O) groups is 3. The molecule has 1 aliphatic heterocycles. The molecule has 24 heavy (non-hydrogen) atoms. The molecule has 1 saturated heterocycles. The molecule has 0 radical (unpaired) electrons. The average molecular weight is 335 g/mol. The Kier molecular flexibility index (Phi) is 5.21. The Bertz CT molecular complexity index is 643. The van der Waals surface area contributed by atoms with Crippen molar-refractivity contribution in [3.63, 3.8) is 0 Å². The quantitative estimate of drug-likeness (QED) is 0.612. The highest BCUT2D eigenvalue weighted by atomic mass is 19.1. The zero-order valence-corrected chi connectivity index (χ0v) is 14.1. The van der Waals surface area contributed by atoms with Crippen LogP contribution in [0.5, 0.6) is 0 Å². The first-order valence-corrected chi connectivity index (χ1v) is 7.90. The van der Waals surface area contributed by atoms with Gasteiger partial charge in [0.15, 0.2) is 0 Å². The minimum atomic E-state index is -0.992. The maximum Gasteiger partial charge on any atom is 0.325 e. The zero-order chi connectivity index (χ0) is 17.9. The first-order valence-electron chi connectivity index (χ1n) is 7.90. The summed E-state index contributed by atoms with van der Waals surface area (Å²) in [5.41, 5.74) is -0.0108. The van der Waals surface area contributed by atoms with E-state index in [0.717, 1.165) is 10.5 Å². The second kappa shape index (κ2) is 6.98. The molecule has 1 aliphatic rings. The molecule has 0 saturated carbocycles. The Morgan fingerprint density at radius 2 is 1.92 bits per heavy atom. The van der Waals surface area contributed by atoms with Gasteiger partial charge in [-0.15, -0.1) is 0 Å². The fourth-order valence-corrected chi connectivity index (χ4v) is 2.55. The molecule has 0 aromatic heterocycles. The van der Waals surface area contributed by atoms with Gasteiger partial charge in [-0.3, -0.25) is 9.59 Å². The van der Waals surface area contributed by atoms with Gasteiger partial charge in [0, 0.05) is 6.54 Å². The van der Waals surface area contributed by atoms with Crippen molar-refractivity contribution in [2.75, 3.05) is 6.54 Å². The molecule has 1 atom stereocenters. The molecule has 130 valence electrons. The van der Waals surface area contributed by atoms with E-state index < -0.39 is 23.5 Å². The third-order valence-electron chi connectivity index (χ3n) is 4.01. The predicted octanol–water partition coefficient (Wildman–Crippen LogP) is 1.59. The van der Waals surface area contributed by atoms with Crippen LogP contribution >= 0.6 is 0 Å². The molecule has 2 N–H and O–H groups in total. The van der Waals surface area contributed by atoms with E-state index in [1.165, 1.54) is 19.1 Å². The highest BCUT2D eigenvalue weighted by molar-refractivity contribution is 6.09. The van der Waals surface area contributed by atoms with Crippen LogP contribution in [0, 0.1) is 5.82 Å². The average Bonchev–Trinajstić information content (AvgIpc) is 2.72. The highest BCUT2D eigenvalue weighted by Crippen LogP contribution is 2.19. The van der Waals surface area contributed by atoms with Crippen LogP contribution in [-0.4, -0.2) is 40.9 Å². The molecule has 0 aliphatic carbocycles. The Balaban J connectivity index is 1.81. The summed E-state index contributed by atoms with van der Waals surface area (Å²) in [7, 11) is 0. The Morgan fingerprint density at radius 1 is 1.29 bits per heavy atom. The topological polar surface area (TPSA) is 78.5 Å². The van der Waals surface area contributed by atoms with Crippen LogP contribution in [0.3, 0.4) is 0 Å². The molecule has 4 amide bonds. The van der Waals surface area contributed by atoms with E-state index in [-0.39, 0.29) is 11.7 Å². The summed E-state index contributed by atoms with van der Waals surface area (Å²) >= 11 is 0. The van der Waals surface area contributed by atoms with Crippen LogP contribution in [0.15, 0.2) is 24.3 Å². The largest absolute Gasteiger partial charge is 0.354 e. The van der Waals surface area contributed by atoms with E-state index in [2.05, 4.69) is 10.6 Å². The molecule has 1 aromatic rings. The number of nitrogens with zero attached hydrogens (tertiary/aromatic N) is 1. The van der Waals surface area contributed by atoms with Gasteiger partial charge >= 0.3 is 6.03 Å². The fraction of sp³-hybridized carbons (Fsp3) is 0.471. The third kappa shape index (κ3) is 3.90. The Labute approximate surface area is 140 Å². The molecule has 0 bridgehead atoms. The van der Waals surface area contributed by atoms with Gasteiger partial charge in [-0.25, -0.2) is 14.1 Å². The van der Waals surface area contributed by atoms with Gasteiger partial charge in [-0.1, -0.05) is 12.1 Å². The number of urea groups is 1. The lowest BCUT2D eigenvalue weighted by atomic mass is 10.1. The first kappa shape index (κ1) is 17.9. The number of hydrogen-bond donors (Lipinski definition) is 2. The molecule has 2 rings (SSSR count). The van der Waals surface area contributed by atoms with Crippen molar-refractivity contribution in [2.45, 2.75) is 45.2 Å². The summed E-state index contributed by atoms with van der Waals surface area (Å²) < 4.78 is 12.8. The number of rotatable bonds is 6. The standard InChI is InChI=1S/C17H22FN3O3/c1-11(21-15(23)17(2,3)20-16(21)24)14(22)19-10-4-5-12-6-8-13(18)9-7-12/h6-9,11H,4-5,10H2,1-3H3,(H,19,22)(H,20,24)/t11-/m1/s1. The summed E-state index contributed by atoms with van der Waals surface area (Å²) in [6.07, 6.45) is 1.38. The van der Waals surface area contributed by atoms with Crippen molar-refractivity contribution in [1.82, 2.24) is 15.5 Å². The van der Waals surface area contributed by atoms with Crippen molar-refractivity contribution in [1.29, 1.82) is 0 Å². The van der Waals surface area contributed by atoms with E-state index in [4.69, 9.17) is 0 Å². The van der Waals surface area contributed by atoms with E-state index >= 15 is 0 Å². The minimum Gasteiger partial charge on any atom is -0.354 e. The lowest BCUT2D eigenvalue weighted by molar-refractivity contribution is -0.137. The van der Waals surface area contributed by atoms with Crippen LogP contribution in [-0.2, 0) is 16.0 Å². The summed E-state index contributed by atoms with van der Waals surface area (Å²) in [6, 6.07) is 4.78. The summed E-state index contributed by atoms with van der Waals surface area (Å²) in [5.74, 6) is -1.07. The molecule has 0 unspecified atom stereocenters. The lowest BCUT2D eigenvalue weighted by Crippen LogP contribution is -2.49. The SMILES string of the molecule is C[C@H](C(=O)NCCCc1ccc(F)cc1)N1C(=O)NC(C)(C)C1=O. The van der Waals surface area contributed by atoms with Crippen molar-refractivity contribution in [3.05, 3.63) is 35.6 Å². The Hall–Kier alpha value is -2.44. The number of amides is 4. The third-order valence-corrected chi connectivity index (χ3v) is 4.01. The van der Waals surface area contributed by atoms with Crippen LogP contribution in [0.2, 0.25) is 0 Å². The number of hydrogen-bond acceptors (Lipinski definition) is 3. The maximum absolute atomic E-state index is 12.8. The second-order valence-corrected chi connectivity index (χ2v) is 6.43. The molecule has 7 heteroatoms. The van der Waals surface area contributed by atoms with E-state index in [9.17, 15) is 18.8 Å². The zero-order valence-electron chi connectivity index (χ0n) is 14.1. The highest BCUT2D eigenvalue weighted by Gasteiger charge is 2.47. The van der Waals surface area contributed by atoms with Gasteiger partial charge in [-0.2, -0.15) is 0 Å². The monoisotopic (exact) mass is 335 g/mol. The summed E-state index contributed by atoms with van der Waals surface area (Å²) in [5, 5.41) is 5.27. The van der Waals surface area contributed by atoms with Crippen LogP contribution in [0.25, 0.3) is 0 Å². The fourth-order valence-electron chi connectivity index (χ4n) is 2.55. The molecular weight excluding hydrogens is 313 g/mol. The van der Waals surface area contributed by atoms with Gasteiger partial charge < -0.3 is 10.6 Å². The number of nitrogens with one attached hydrogen (secondary N) is 2. The summed E-state index contributed by atoms with van der Waals surface area (Å²) in [4.78, 5) is 37.1. The van der Waals surface area contributed by atoms with E-state index in [0.29, 0.717) is 19.4 Å². The van der Waals surface area contributed by atoms with Crippen LogP contribution < -0.4 is 10.6 Å². The minimum absolute atomic E-state index is 0.280. The number of aryl methyl sites for hydroxylation is 1. The first-order chi connectivity index (χ1) is 11.2. The van der Waals surface area contributed by atoms with Gasteiger partial charge in [-0.05, 0) is 51.3 Å². The molecule has 1 fully saturated rings. The number of halogens is 1. The van der Waals surface area contributed by atoms with Crippen LogP contribution in [0.4, 0.5) is 9.18 Å². The lowest BCUT2D eigenvalue weighted by Gasteiger charge is -2.22. The smallest absolute Gasteiger partial charge is 0.325 e. The predicted molar refractivity (Wildman–Crippen MR) is 86.6 cm³/mol. The number of carbonyl (C=O) groups excluding carboxylic acids is 3. The number of imide groups is 1. The molecule has 0 spiro atoms. The van der Waals surface area contributed by atoms with Gasteiger partial charge in [0.2, 0.25) is 5.91 Å². The second-order valence-electron chi connectivity index (χ2n) is 6.43. The van der Waals surface area contributed by atoms with Crippen molar-refractivity contribution in [2.24, 2.45) is 0 Å². The van der Waals surface area contributed by atoms with Gasteiger partial charge in [0.1, 0.15) is 17.4 Å². The molecule has 1 heterocycles. The van der Waals surface area contributed by atoms with Crippen LogP contribution in [0.1, 0.15) is 32.8 Å². The maximum atomic E-state index is 12.8. The van der Waals surface area contributed by atoms with Crippen molar-refractivity contribution in [3.8, 4) is 0 Å². The Morgan fingerprint density at radius 3 is 2.46 bits per heavy atom. The molecule has 1 aromatic carbocycles. The molecular formula is C17H22FN3O3. The van der Waals surface area contributed by atoms with Gasteiger partial charge in [0.25, 0.3) is 5.91 Å². The van der Waals surface area contributed by atoms with E-state index in [1.807, 2.05) is 0 Å². The normalized spacial score (nSPS) is 17.6. The molecule has 6 nitrogen and oxygen atoms in total. The summed E-state index contributed by atoms with van der Waals surface area (Å²) in [6.45, 7) is 5.13.